The monoisotopic (exact) mass is 210 g/mol. The van der Waals surface area contributed by atoms with E-state index in [-0.39, 0.29) is 5.66 Å². The zero-order valence-corrected chi connectivity index (χ0v) is 9.21. The van der Waals surface area contributed by atoms with Gasteiger partial charge in [-0.1, -0.05) is 6.42 Å². The van der Waals surface area contributed by atoms with Crippen molar-refractivity contribution in [2.45, 2.75) is 56.8 Å². The molecule has 0 unspecified atom stereocenters. The summed E-state index contributed by atoms with van der Waals surface area (Å²) in [6, 6.07) is 0. The van der Waals surface area contributed by atoms with Crippen molar-refractivity contribution in [3.05, 3.63) is 11.4 Å². The highest BCUT2D eigenvalue weighted by molar-refractivity contribution is 5.01. The number of hydrogen-bond donors (Lipinski definition) is 0. The SMILES string of the molecule is [C-]#[N+]C1(N2CCC(F)CC2)CCCCC1. The van der Waals surface area contributed by atoms with E-state index in [1.807, 2.05) is 0 Å². The standard InChI is InChI=1S/C12H19FN2/c1-14-12(7-3-2-4-8-12)15-9-5-11(13)6-10-15/h11H,2-10H2. The van der Waals surface area contributed by atoms with Gasteiger partial charge in [0.1, 0.15) is 6.17 Å². The molecule has 0 aromatic carbocycles. The first-order valence-corrected chi connectivity index (χ1v) is 6.05. The molecule has 0 N–H and O–H groups in total. The van der Waals surface area contributed by atoms with Gasteiger partial charge in [-0.2, -0.15) is 0 Å². The van der Waals surface area contributed by atoms with Gasteiger partial charge in [0.05, 0.1) is 0 Å². The van der Waals surface area contributed by atoms with Crippen molar-refractivity contribution in [2.75, 3.05) is 13.1 Å². The Labute approximate surface area is 91.3 Å². The zero-order valence-electron chi connectivity index (χ0n) is 9.21. The molecule has 0 radical (unpaired) electrons. The molecule has 2 aliphatic rings. The smallest absolute Gasteiger partial charge is 0.288 e. The van der Waals surface area contributed by atoms with Crippen molar-refractivity contribution in [1.29, 1.82) is 0 Å². The fourth-order valence-corrected chi connectivity index (χ4v) is 2.88. The van der Waals surface area contributed by atoms with Crippen LogP contribution in [0.2, 0.25) is 0 Å². The highest BCUT2D eigenvalue weighted by Crippen LogP contribution is 2.36. The third kappa shape index (κ3) is 2.15. The quantitative estimate of drug-likeness (QED) is 0.604. The van der Waals surface area contributed by atoms with Gasteiger partial charge in [-0.3, -0.25) is 4.85 Å². The van der Waals surface area contributed by atoms with Crippen LogP contribution in [0.1, 0.15) is 44.9 Å². The summed E-state index contributed by atoms with van der Waals surface area (Å²) >= 11 is 0. The maximum atomic E-state index is 13.0. The van der Waals surface area contributed by atoms with Gasteiger partial charge in [0.25, 0.3) is 5.66 Å². The van der Waals surface area contributed by atoms with Crippen LogP contribution in [-0.4, -0.2) is 29.8 Å². The van der Waals surface area contributed by atoms with Crippen LogP contribution in [0.15, 0.2) is 0 Å². The molecule has 1 aliphatic heterocycles. The number of halogens is 1. The summed E-state index contributed by atoms with van der Waals surface area (Å²) in [5.74, 6) is 0. The van der Waals surface area contributed by atoms with E-state index >= 15 is 0 Å². The van der Waals surface area contributed by atoms with E-state index in [1.54, 1.807) is 0 Å². The van der Waals surface area contributed by atoms with E-state index in [2.05, 4.69) is 9.74 Å². The van der Waals surface area contributed by atoms with Crippen LogP contribution in [0.25, 0.3) is 4.85 Å². The number of rotatable bonds is 1. The molecule has 0 bridgehead atoms. The zero-order chi connectivity index (χ0) is 10.7. The summed E-state index contributed by atoms with van der Waals surface area (Å²) in [5.41, 5.74) is -0.265. The van der Waals surface area contributed by atoms with Gasteiger partial charge in [-0.25, -0.2) is 15.9 Å². The lowest BCUT2D eigenvalue weighted by Gasteiger charge is -2.39. The second kappa shape index (κ2) is 4.49. The molecular weight excluding hydrogens is 191 g/mol. The van der Waals surface area contributed by atoms with Gasteiger partial charge in [-0.15, -0.1) is 0 Å². The minimum absolute atomic E-state index is 0.265. The molecule has 2 fully saturated rings. The predicted molar refractivity (Wildman–Crippen MR) is 58.1 cm³/mol. The Bertz CT molecular complexity index is 245. The van der Waals surface area contributed by atoms with E-state index in [9.17, 15) is 4.39 Å². The number of alkyl halides is 1. The van der Waals surface area contributed by atoms with Gasteiger partial charge in [0, 0.05) is 25.9 Å². The molecule has 0 aromatic heterocycles. The summed E-state index contributed by atoms with van der Waals surface area (Å²) in [7, 11) is 0. The molecule has 2 nitrogen and oxygen atoms in total. The third-order valence-electron chi connectivity index (χ3n) is 3.88. The first kappa shape index (κ1) is 10.9. The highest BCUT2D eigenvalue weighted by atomic mass is 19.1. The van der Waals surface area contributed by atoms with Gasteiger partial charge in [0.2, 0.25) is 0 Å². The Morgan fingerprint density at radius 3 is 2.27 bits per heavy atom. The molecule has 1 saturated carbocycles. The molecule has 0 aromatic rings. The second-order valence-electron chi connectivity index (χ2n) is 4.82. The van der Waals surface area contributed by atoms with Crippen molar-refractivity contribution >= 4 is 0 Å². The van der Waals surface area contributed by atoms with Crippen LogP contribution in [-0.2, 0) is 0 Å². The molecule has 1 heterocycles. The molecular formula is C12H19FN2. The molecule has 2 rings (SSSR count). The van der Waals surface area contributed by atoms with Crippen molar-refractivity contribution in [3.8, 4) is 0 Å². The average molecular weight is 210 g/mol. The summed E-state index contributed by atoms with van der Waals surface area (Å²) in [6.45, 7) is 8.98. The van der Waals surface area contributed by atoms with Crippen LogP contribution >= 0.6 is 0 Å². The fourth-order valence-electron chi connectivity index (χ4n) is 2.88. The van der Waals surface area contributed by atoms with Crippen molar-refractivity contribution in [1.82, 2.24) is 4.90 Å². The minimum Gasteiger partial charge on any atom is -0.293 e. The molecule has 1 saturated heterocycles. The molecule has 15 heavy (non-hydrogen) atoms. The van der Waals surface area contributed by atoms with E-state index in [0.717, 1.165) is 38.8 Å². The number of piperidine rings is 1. The lowest BCUT2D eigenvalue weighted by molar-refractivity contribution is 0.0444. The van der Waals surface area contributed by atoms with Crippen LogP contribution in [0, 0.1) is 6.57 Å². The summed E-state index contributed by atoms with van der Waals surface area (Å²) in [4.78, 5) is 6.13. The molecule has 1 aliphatic carbocycles. The summed E-state index contributed by atoms with van der Waals surface area (Å²) < 4.78 is 13.0. The van der Waals surface area contributed by atoms with E-state index in [1.165, 1.54) is 6.42 Å². The number of hydrogen-bond acceptors (Lipinski definition) is 1. The molecule has 3 heteroatoms. The topological polar surface area (TPSA) is 7.60 Å². The average Bonchev–Trinajstić information content (AvgIpc) is 2.31. The van der Waals surface area contributed by atoms with Crippen LogP contribution in [0.4, 0.5) is 4.39 Å². The van der Waals surface area contributed by atoms with E-state index in [4.69, 9.17) is 6.57 Å². The molecule has 0 atom stereocenters. The largest absolute Gasteiger partial charge is 0.293 e. The summed E-state index contributed by atoms with van der Waals surface area (Å²) in [6.07, 6.45) is 6.19. The lowest BCUT2D eigenvalue weighted by Crippen LogP contribution is -2.51. The van der Waals surface area contributed by atoms with Crippen LogP contribution in [0.3, 0.4) is 0 Å². The van der Waals surface area contributed by atoms with Crippen molar-refractivity contribution in [2.24, 2.45) is 0 Å². The summed E-state index contributed by atoms with van der Waals surface area (Å²) in [5, 5.41) is 0. The maximum Gasteiger partial charge on any atom is 0.288 e. The Morgan fingerprint density at radius 1 is 1.13 bits per heavy atom. The first-order chi connectivity index (χ1) is 7.27. The third-order valence-corrected chi connectivity index (χ3v) is 3.88. The predicted octanol–water partition coefficient (Wildman–Crippen LogP) is 3.00. The Hall–Kier alpha value is -0.620. The molecule has 0 spiro atoms. The van der Waals surface area contributed by atoms with Gasteiger partial charge < -0.3 is 0 Å². The van der Waals surface area contributed by atoms with Gasteiger partial charge in [0.15, 0.2) is 0 Å². The van der Waals surface area contributed by atoms with Crippen LogP contribution in [0.5, 0.6) is 0 Å². The minimum atomic E-state index is -0.632. The fraction of sp³-hybridized carbons (Fsp3) is 0.917. The van der Waals surface area contributed by atoms with Crippen molar-refractivity contribution in [3.63, 3.8) is 0 Å². The van der Waals surface area contributed by atoms with Crippen LogP contribution < -0.4 is 0 Å². The highest BCUT2D eigenvalue weighted by Gasteiger charge is 2.45. The Balaban J connectivity index is 2.03. The van der Waals surface area contributed by atoms with Crippen molar-refractivity contribution < 1.29 is 4.39 Å². The Kier molecular flexibility index (Phi) is 3.25. The Morgan fingerprint density at radius 2 is 1.73 bits per heavy atom. The lowest BCUT2D eigenvalue weighted by atomic mass is 9.87. The maximum absolute atomic E-state index is 13.0. The number of nitrogens with zero attached hydrogens (tertiary/aromatic N) is 2. The molecule has 84 valence electrons. The molecule has 0 amide bonds. The van der Waals surface area contributed by atoms with Gasteiger partial charge in [-0.05, 0) is 25.7 Å². The van der Waals surface area contributed by atoms with E-state index < -0.39 is 6.17 Å². The number of likely N-dealkylation sites (tertiary alicyclic amines) is 1. The van der Waals surface area contributed by atoms with Gasteiger partial charge >= 0.3 is 0 Å². The first-order valence-electron chi connectivity index (χ1n) is 6.05. The normalized spacial score (nSPS) is 28.5. The second-order valence-corrected chi connectivity index (χ2v) is 4.82. The van der Waals surface area contributed by atoms with E-state index in [0.29, 0.717) is 12.8 Å².